The maximum absolute atomic E-state index is 13.2. The molecule has 1 atom stereocenters. The monoisotopic (exact) mass is 425 g/mol. The number of rotatable bonds is 5. The van der Waals surface area contributed by atoms with Gasteiger partial charge in [0.05, 0.1) is 18.7 Å². The zero-order chi connectivity index (χ0) is 21.1. The van der Waals surface area contributed by atoms with E-state index in [1.165, 1.54) is 70.1 Å². The van der Waals surface area contributed by atoms with E-state index in [-0.39, 0.29) is 11.4 Å². The van der Waals surface area contributed by atoms with Crippen molar-refractivity contribution in [2.75, 3.05) is 45.9 Å². The molecule has 4 fully saturated rings. The lowest BCUT2D eigenvalue weighted by molar-refractivity contribution is -0.148. The number of hydrogen-bond acceptors (Lipinski definition) is 4. The first-order valence-electron chi connectivity index (χ1n) is 12.6. The number of piperazine rings is 1. The highest BCUT2D eigenvalue weighted by Crippen LogP contribution is 2.36. The molecule has 1 unspecified atom stereocenters. The van der Waals surface area contributed by atoms with Gasteiger partial charge in [0.2, 0.25) is 5.91 Å². The molecule has 0 aromatic heterocycles. The van der Waals surface area contributed by atoms with Gasteiger partial charge in [0.1, 0.15) is 0 Å². The van der Waals surface area contributed by atoms with Crippen molar-refractivity contribution >= 4 is 5.91 Å². The van der Waals surface area contributed by atoms with Gasteiger partial charge in [-0.2, -0.15) is 0 Å². The van der Waals surface area contributed by atoms with Gasteiger partial charge in [-0.3, -0.25) is 9.69 Å². The Balaban J connectivity index is 1.21. The topological polar surface area (TPSA) is 36.0 Å². The van der Waals surface area contributed by atoms with Crippen LogP contribution >= 0.6 is 0 Å². The summed E-state index contributed by atoms with van der Waals surface area (Å²) in [5, 5.41) is 0. The van der Waals surface area contributed by atoms with Crippen LogP contribution in [0.15, 0.2) is 30.3 Å². The molecule has 5 nitrogen and oxygen atoms in total. The van der Waals surface area contributed by atoms with Gasteiger partial charge in [0.15, 0.2) is 0 Å². The van der Waals surface area contributed by atoms with Gasteiger partial charge >= 0.3 is 0 Å². The number of benzene rings is 1. The van der Waals surface area contributed by atoms with Crippen LogP contribution in [0.25, 0.3) is 0 Å². The summed E-state index contributed by atoms with van der Waals surface area (Å²) in [6.07, 6.45) is 10.6. The van der Waals surface area contributed by atoms with Crippen LogP contribution in [0.1, 0.15) is 56.9 Å². The Bertz CT molecular complexity index is 719. The van der Waals surface area contributed by atoms with Gasteiger partial charge < -0.3 is 14.5 Å². The Labute approximate surface area is 187 Å². The molecule has 3 aliphatic heterocycles. The third kappa shape index (κ3) is 4.84. The van der Waals surface area contributed by atoms with E-state index < -0.39 is 0 Å². The Morgan fingerprint density at radius 1 is 1.00 bits per heavy atom. The molecular formula is C26H39N3O2. The number of piperidine rings is 1. The van der Waals surface area contributed by atoms with Gasteiger partial charge in [-0.25, -0.2) is 0 Å². The van der Waals surface area contributed by atoms with Crippen molar-refractivity contribution in [2.24, 2.45) is 5.92 Å². The third-order valence-corrected chi connectivity index (χ3v) is 8.29. The normalized spacial score (nSPS) is 29.8. The molecule has 170 valence electrons. The summed E-state index contributed by atoms with van der Waals surface area (Å²) in [6, 6.07) is 10.9. The van der Waals surface area contributed by atoms with Crippen molar-refractivity contribution in [1.82, 2.24) is 14.7 Å². The Hall–Kier alpha value is -1.43. The molecule has 1 saturated carbocycles. The first-order valence-corrected chi connectivity index (χ1v) is 12.6. The number of nitrogens with zero attached hydrogens (tertiary/aromatic N) is 3. The van der Waals surface area contributed by atoms with Crippen LogP contribution in [0.5, 0.6) is 0 Å². The van der Waals surface area contributed by atoms with E-state index in [1.807, 2.05) is 6.07 Å². The summed E-state index contributed by atoms with van der Waals surface area (Å²) in [7, 11) is 0. The average molecular weight is 426 g/mol. The number of ether oxygens (including phenoxy) is 1. The van der Waals surface area contributed by atoms with Crippen LogP contribution in [0.3, 0.4) is 0 Å². The molecule has 1 amide bonds. The second-order valence-electron chi connectivity index (χ2n) is 10.4. The Morgan fingerprint density at radius 3 is 2.48 bits per heavy atom. The van der Waals surface area contributed by atoms with Crippen LogP contribution in [0.4, 0.5) is 0 Å². The van der Waals surface area contributed by atoms with Crippen LogP contribution in [0.2, 0.25) is 0 Å². The lowest BCUT2D eigenvalue weighted by Gasteiger charge is -2.52. The minimum absolute atomic E-state index is 0.0128. The predicted molar refractivity (Wildman–Crippen MR) is 123 cm³/mol. The molecule has 1 spiro atoms. The van der Waals surface area contributed by atoms with E-state index in [1.54, 1.807) is 0 Å². The molecular weight excluding hydrogens is 386 g/mol. The van der Waals surface area contributed by atoms with E-state index in [0.717, 1.165) is 38.6 Å². The number of carbonyl (C=O) groups excluding carboxylic acids is 1. The second kappa shape index (κ2) is 9.60. The van der Waals surface area contributed by atoms with Gasteiger partial charge in [-0.15, -0.1) is 0 Å². The molecule has 5 rings (SSSR count). The van der Waals surface area contributed by atoms with E-state index in [0.29, 0.717) is 12.6 Å². The van der Waals surface area contributed by atoms with Crippen LogP contribution in [0, 0.1) is 5.92 Å². The largest absolute Gasteiger partial charge is 0.379 e. The average Bonchev–Trinajstić information content (AvgIpc) is 3.27. The SMILES string of the molecule is O=C1CN(C2CCN(CC3CCCCC3)CC2)C2(CCOC2)CN1Cc1ccccc1. The molecule has 0 radical (unpaired) electrons. The Morgan fingerprint density at radius 2 is 1.77 bits per heavy atom. The highest BCUT2D eigenvalue weighted by Gasteiger charge is 2.50. The molecule has 3 heterocycles. The van der Waals surface area contributed by atoms with Crippen LogP contribution in [-0.4, -0.2) is 78.1 Å². The maximum atomic E-state index is 13.2. The fourth-order valence-electron chi connectivity index (χ4n) is 6.51. The van der Waals surface area contributed by atoms with Crippen molar-refractivity contribution in [1.29, 1.82) is 0 Å². The summed E-state index contributed by atoms with van der Waals surface area (Å²) in [4.78, 5) is 20.5. The standard InChI is InChI=1S/C26H39N3O2/c30-25-19-29(24-11-14-27(15-12-24)17-22-7-3-1-4-8-22)26(13-16-31-21-26)20-28(25)18-23-9-5-2-6-10-23/h2,5-6,9-10,22,24H,1,3-4,7-8,11-21H2. The van der Waals surface area contributed by atoms with E-state index in [9.17, 15) is 4.79 Å². The third-order valence-electron chi connectivity index (χ3n) is 8.29. The minimum Gasteiger partial charge on any atom is -0.379 e. The summed E-state index contributed by atoms with van der Waals surface area (Å²) >= 11 is 0. The maximum Gasteiger partial charge on any atom is 0.237 e. The van der Waals surface area contributed by atoms with Crippen molar-refractivity contribution in [3.63, 3.8) is 0 Å². The summed E-state index contributed by atoms with van der Waals surface area (Å²) < 4.78 is 5.92. The molecule has 1 aromatic carbocycles. The molecule has 4 aliphatic rings. The summed E-state index contributed by atoms with van der Waals surface area (Å²) in [5.74, 6) is 1.20. The zero-order valence-corrected chi connectivity index (χ0v) is 19.0. The van der Waals surface area contributed by atoms with E-state index in [2.05, 4.69) is 39.0 Å². The lowest BCUT2D eigenvalue weighted by Crippen LogP contribution is -2.68. The molecule has 1 aliphatic carbocycles. The van der Waals surface area contributed by atoms with Gasteiger partial charge in [-0.05, 0) is 56.7 Å². The predicted octanol–water partition coefficient (Wildman–Crippen LogP) is 3.53. The number of likely N-dealkylation sites (tertiary alicyclic amines) is 1. The quantitative estimate of drug-likeness (QED) is 0.723. The number of amides is 1. The van der Waals surface area contributed by atoms with Crippen LogP contribution in [-0.2, 0) is 16.1 Å². The molecule has 0 bridgehead atoms. The fourth-order valence-corrected chi connectivity index (χ4v) is 6.51. The van der Waals surface area contributed by atoms with Gasteiger partial charge in [0.25, 0.3) is 0 Å². The lowest BCUT2D eigenvalue weighted by atomic mass is 9.86. The van der Waals surface area contributed by atoms with Gasteiger partial charge in [0, 0.05) is 32.3 Å². The first-order chi connectivity index (χ1) is 15.2. The first kappa shape index (κ1) is 21.4. The highest BCUT2D eigenvalue weighted by atomic mass is 16.5. The molecule has 31 heavy (non-hydrogen) atoms. The highest BCUT2D eigenvalue weighted by molar-refractivity contribution is 5.79. The van der Waals surface area contributed by atoms with Crippen molar-refractivity contribution in [2.45, 2.75) is 69.5 Å². The molecule has 5 heteroatoms. The summed E-state index contributed by atoms with van der Waals surface area (Å²) in [5.41, 5.74) is 1.23. The van der Waals surface area contributed by atoms with Crippen LogP contribution < -0.4 is 0 Å². The van der Waals surface area contributed by atoms with Crippen molar-refractivity contribution in [3.05, 3.63) is 35.9 Å². The van der Waals surface area contributed by atoms with Crippen molar-refractivity contribution < 1.29 is 9.53 Å². The zero-order valence-electron chi connectivity index (χ0n) is 19.0. The van der Waals surface area contributed by atoms with Crippen molar-refractivity contribution in [3.8, 4) is 0 Å². The summed E-state index contributed by atoms with van der Waals surface area (Å²) in [6.45, 7) is 7.36. The fraction of sp³-hybridized carbons (Fsp3) is 0.731. The Kier molecular flexibility index (Phi) is 6.63. The smallest absolute Gasteiger partial charge is 0.237 e. The second-order valence-corrected chi connectivity index (χ2v) is 10.4. The van der Waals surface area contributed by atoms with Gasteiger partial charge in [-0.1, -0.05) is 49.6 Å². The molecule has 0 N–H and O–H groups in total. The molecule has 1 aromatic rings. The van der Waals surface area contributed by atoms with E-state index in [4.69, 9.17) is 4.74 Å². The van der Waals surface area contributed by atoms with E-state index >= 15 is 0 Å². The minimum atomic E-state index is 0.0128. The number of hydrogen-bond donors (Lipinski definition) is 0. The molecule has 3 saturated heterocycles. The number of carbonyl (C=O) groups is 1.